The van der Waals surface area contributed by atoms with Crippen molar-refractivity contribution in [3.8, 4) is 5.75 Å². The van der Waals surface area contributed by atoms with Crippen LogP contribution in [0.3, 0.4) is 0 Å². The van der Waals surface area contributed by atoms with Crippen LogP contribution >= 0.6 is 23.2 Å². The van der Waals surface area contributed by atoms with E-state index in [1.165, 1.54) is 35.2 Å². The van der Waals surface area contributed by atoms with Crippen LogP contribution in [0.5, 0.6) is 5.75 Å². The van der Waals surface area contributed by atoms with Gasteiger partial charge in [-0.3, -0.25) is 19.8 Å². The molecule has 2 bridgehead atoms. The molecule has 0 aromatic heterocycles. The number of hydrogen-bond acceptors (Lipinski definition) is 5. The Morgan fingerprint density at radius 1 is 1.06 bits per heavy atom. The van der Waals surface area contributed by atoms with Gasteiger partial charge in [-0.2, -0.15) is 0 Å². The van der Waals surface area contributed by atoms with Crippen LogP contribution in [0.4, 0.5) is 4.79 Å². The van der Waals surface area contributed by atoms with Gasteiger partial charge < -0.3 is 4.74 Å². The van der Waals surface area contributed by atoms with Gasteiger partial charge in [-0.15, -0.1) is 0 Å². The van der Waals surface area contributed by atoms with Gasteiger partial charge in [-0.05, 0) is 61.4 Å². The van der Waals surface area contributed by atoms with Crippen molar-refractivity contribution >= 4 is 53.1 Å². The number of benzene rings is 2. The van der Waals surface area contributed by atoms with E-state index in [1.807, 2.05) is 0 Å². The summed E-state index contributed by atoms with van der Waals surface area (Å²) in [7, 11) is 0. The average molecular weight is 499 g/mol. The third-order valence-electron chi connectivity index (χ3n) is 6.74. The number of imide groups is 2. The minimum absolute atomic E-state index is 0.119. The van der Waals surface area contributed by atoms with Gasteiger partial charge in [0.25, 0.3) is 11.8 Å². The first-order chi connectivity index (χ1) is 16.3. The number of nitrogens with zero attached hydrogens (tertiary/aromatic N) is 1. The highest BCUT2D eigenvalue weighted by molar-refractivity contribution is 6.36. The van der Waals surface area contributed by atoms with E-state index in [-0.39, 0.29) is 33.9 Å². The highest BCUT2D eigenvalue weighted by Crippen LogP contribution is 2.47. The minimum atomic E-state index is -0.781. The fraction of sp³-hybridized carbons (Fsp3) is 0.280. The van der Waals surface area contributed by atoms with Crippen LogP contribution in [0, 0.1) is 11.8 Å². The first-order valence-electron chi connectivity index (χ1n) is 11.0. The smallest absolute Gasteiger partial charge is 0.345 e. The van der Waals surface area contributed by atoms with Crippen molar-refractivity contribution in [1.29, 1.82) is 0 Å². The molecule has 9 heteroatoms. The van der Waals surface area contributed by atoms with Crippen LogP contribution < -0.4 is 10.1 Å². The molecule has 34 heavy (non-hydrogen) atoms. The number of rotatable bonds is 4. The van der Waals surface area contributed by atoms with Gasteiger partial charge in [-0.25, -0.2) is 9.59 Å². The number of para-hydroxylation sites is 1. The molecule has 0 spiro atoms. The third-order valence-corrected chi connectivity index (χ3v) is 7.29. The summed E-state index contributed by atoms with van der Waals surface area (Å²) in [6.07, 6.45) is 5.20. The van der Waals surface area contributed by atoms with E-state index in [0.717, 1.165) is 25.7 Å². The molecule has 174 valence electrons. The van der Waals surface area contributed by atoms with E-state index in [4.69, 9.17) is 27.9 Å². The van der Waals surface area contributed by atoms with Gasteiger partial charge in [0, 0.05) is 16.6 Å². The molecule has 3 fully saturated rings. The van der Waals surface area contributed by atoms with Gasteiger partial charge in [0.05, 0.1) is 10.6 Å². The molecule has 0 radical (unpaired) electrons. The molecular weight excluding hydrogens is 479 g/mol. The molecule has 0 unspecified atom stereocenters. The van der Waals surface area contributed by atoms with E-state index in [1.54, 1.807) is 18.2 Å². The van der Waals surface area contributed by atoms with Crippen molar-refractivity contribution in [1.82, 2.24) is 10.2 Å². The number of carbonyl (C=O) groups excluding carboxylic acids is 4. The maximum Gasteiger partial charge on any atom is 0.345 e. The summed E-state index contributed by atoms with van der Waals surface area (Å²) in [4.78, 5) is 52.3. The largest absolute Gasteiger partial charge is 0.422 e. The normalized spacial score (nSPS) is 25.1. The van der Waals surface area contributed by atoms with Gasteiger partial charge in [0.2, 0.25) is 0 Å². The second kappa shape index (κ2) is 8.89. The molecule has 1 aliphatic heterocycles. The van der Waals surface area contributed by atoms with Crippen molar-refractivity contribution in [2.75, 3.05) is 0 Å². The molecule has 3 aliphatic rings. The van der Waals surface area contributed by atoms with E-state index in [9.17, 15) is 19.2 Å². The zero-order valence-electron chi connectivity index (χ0n) is 17.9. The highest BCUT2D eigenvalue weighted by Gasteiger charge is 2.49. The Kier molecular flexibility index (Phi) is 5.91. The van der Waals surface area contributed by atoms with Crippen molar-refractivity contribution in [2.45, 2.75) is 31.7 Å². The number of halogens is 2. The number of nitrogens with one attached hydrogen (secondary N) is 1. The molecule has 3 atom stereocenters. The zero-order chi connectivity index (χ0) is 24.0. The van der Waals surface area contributed by atoms with Gasteiger partial charge in [0.15, 0.2) is 0 Å². The summed E-state index contributed by atoms with van der Waals surface area (Å²) in [5.74, 6) is -1.21. The number of carbonyl (C=O) groups is 4. The molecule has 4 amide bonds. The topological polar surface area (TPSA) is 92.8 Å². The van der Waals surface area contributed by atoms with Crippen LogP contribution in [0.25, 0.3) is 6.08 Å². The Hall–Kier alpha value is -3.16. The Labute approximate surface area is 205 Å². The second-order valence-corrected chi connectivity index (χ2v) is 9.63. The molecule has 7 nitrogen and oxygen atoms in total. The average Bonchev–Trinajstić information content (AvgIpc) is 3.41. The lowest BCUT2D eigenvalue weighted by molar-refractivity contribution is -0.132. The minimum Gasteiger partial charge on any atom is -0.422 e. The lowest BCUT2D eigenvalue weighted by Crippen LogP contribution is -2.58. The predicted molar refractivity (Wildman–Crippen MR) is 125 cm³/mol. The summed E-state index contributed by atoms with van der Waals surface area (Å²) in [5.41, 5.74) is 0.269. The van der Waals surface area contributed by atoms with E-state index < -0.39 is 23.8 Å². The molecule has 1 N–H and O–H groups in total. The van der Waals surface area contributed by atoms with Crippen LogP contribution in [0.1, 0.15) is 41.6 Å². The quantitative estimate of drug-likeness (QED) is 0.281. The number of ether oxygens (including phenoxy) is 1. The monoisotopic (exact) mass is 498 g/mol. The molecular formula is C25H20Cl2N2O5. The fourth-order valence-corrected chi connectivity index (χ4v) is 5.64. The SMILES string of the molecule is O=C1NC(=O)N([C@@H]2C[C@H]3CC[C@H]2C3)C(=O)/C1=C\c1ccccc1OC(=O)c1ccc(Cl)cc1Cl. The van der Waals surface area contributed by atoms with E-state index in [2.05, 4.69) is 5.32 Å². The Morgan fingerprint density at radius 3 is 2.56 bits per heavy atom. The third kappa shape index (κ3) is 4.10. The first kappa shape index (κ1) is 22.6. The first-order valence-corrected chi connectivity index (χ1v) is 11.7. The number of hydrogen-bond donors (Lipinski definition) is 1. The number of urea groups is 1. The lowest BCUT2D eigenvalue weighted by atomic mass is 9.93. The lowest BCUT2D eigenvalue weighted by Gasteiger charge is -2.35. The maximum atomic E-state index is 13.3. The molecule has 1 saturated heterocycles. The van der Waals surface area contributed by atoms with E-state index in [0.29, 0.717) is 16.5 Å². The predicted octanol–water partition coefficient (Wildman–Crippen LogP) is 4.86. The van der Waals surface area contributed by atoms with Crippen LogP contribution in [-0.4, -0.2) is 34.8 Å². The number of amides is 4. The number of barbiturate groups is 1. The van der Waals surface area contributed by atoms with E-state index >= 15 is 0 Å². The highest BCUT2D eigenvalue weighted by atomic mass is 35.5. The second-order valence-electron chi connectivity index (χ2n) is 8.79. The molecule has 2 saturated carbocycles. The van der Waals surface area contributed by atoms with Crippen LogP contribution in [-0.2, 0) is 9.59 Å². The Bertz CT molecular complexity index is 1260. The molecule has 2 aliphatic carbocycles. The van der Waals surface area contributed by atoms with Crippen LogP contribution in [0.2, 0.25) is 10.0 Å². The van der Waals surface area contributed by atoms with Crippen LogP contribution in [0.15, 0.2) is 48.0 Å². The van der Waals surface area contributed by atoms with Crippen molar-refractivity contribution in [3.63, 3.8) is 0 Å². The Balaban J connectivity index is 1.43. The molecule has 2 aromatic rings. The number of fused-ring (bicyclic) bond motifs is 2. The van der Waals surface area contributed by atoms with Crippen molar-refractivity contribution < 1.29 is 23.9 Å². The summed E-state index contributed by atoms with van der Waals surface area (Å²) >= 11 is 12.0. The molecule has 5 rings (SSSR count). The van der Waals surface area contributed by atoms with Gasteiger partial charge in [0.1, 0.15) is 11.3 Å². The summed E-state index contributed by atoms with van der Waals surface area (Å²) < 4.78 is 5.52. The Morgan fingerprint density at radius 2 is 1.85 bits per heavy atom. The number of esters is 1. The van der Waals surface area contributed by atoms with Crippen molar-refractivity contribution in [2.24, 2.45) is 11.8 Å². The summed E-state index contributed by atoms with van der Waals surface area (Å²) in [6.45, 7) is 0. The molecule has 2 aromatic carbocycles. The molecule has 1 heterocycles. The fourth-order valence-electron chi connectivity index (χ4n) is 5.16. The zero-order valence-corrected chi connectivity index (χ0v) is 19.4. The summed E-state index contributed by atoms with van der Waals surface area (Å²) in [6, 6.07) is 10.0. The van der Waals surface area contributed by atoms with Gasteiger partial charge >= 0.3 is 12.0 Å². The maximum absolute atomic E-state index is 13.3. The summed E-state index contributed by atoms with van der Waals surface area (Å²) in [5, 5.41) is 2.80. The standard InChI is InChI=1S/C25H20Cl2N2O5/c26-16-7-8-17(19(27)12-16)24(32)34-21-4-2-1-3-15(21)11-18-22(30)28-25(33)29(23(18)31)20-10-13-5-6-14(20)9-13/h1-4,7-8,11-14,20H,5-6,9-10H2,(H,28,30,33)/b18-11-/t13-,14-,20+/m0/s1. The van der Waals surface area contributed by atoms with Crippen molar-refractivity contribution in [3.05, 3.63) is 69.2 Å². The van der Waals surface area contributed by atoms with Gasteiger partial charge in [-0.1, -0.05) is 47.8 Å².